The van der Waals surface area contributed by atoms with Crippen molar-refractivity contribution in [1.29, 1.82) is 0 Å². The Balaban J connectivity index is 1.85. The number of nitrogens with two attached hydrogens (primary N) is 1. The van der Waals surface area contributed by atoms with Crippen LogP contribution in [0.5, 0.6) is 0 Å². The van der Waals surface area contributed by atoms with Crippen LogP contribution in [0.2, 0.25) is 5.15 Å². The van der Waals surface area contributed by atoms with Crippen LogP contribution in [0, 0.1) is 11.8 Å². The Kier molecular flexibility index (Phi) is 4.76. The molecule has 2 heterocycles. The summed E-state index contributed by atoms with van der Waals surface area (Å²) in [6.07, 6.45) is 2.35. The molecule has 1 fully saturated rings. The van der Waals surface area contributed by atoms with E-state index in [4.69, 9.17) is 26.8 Å². The third kappa shape index (κ3) is 3.51. The van der Waals surface area contributed by atoms with Gasteiger partial charge in [0.1, 0.15) is 5.52 Å². The van der Waals surface area contributed by atoms with Gasteiger partial charge in [-0.2, -0.15) is 9.97 Å². The van der Waals surface area contributed by atoms with Crippen LogP contribution in [-0.4, -0.2) is 44.7 Å². The van der Waals surface area contributed by atoms with Gasteiger partial charge < -0.3 is 19.8 Å². The van der Waals surface area contributed by atoms with Crippen molar-refractivity contribution in [3.8, 4) is 0 Å². The Hall–Kier alpha value is -2.42. The van der Waals surface area contributed by atoms with Gasteiger partial charge in [0.25, 0.3) is 0 Å². The van der Waals surface area contributed by atoms with Gasteiger partial charge in [-0.25, -0.2) is 4.98 Å². The van der Waals surface area contributed by atoms with Gasteiger partial charge in [0.2, 0.25) is 5.95 Å². The minimum Gasteiger partial charge on any atom is -0.466 e. The Morgan fingerprint density at radius 3 is 2.64 bits per heavy atom. The normalized spacial score (nSPS) is 22.4. The molecule has 134 valence electrons. The molecule has 0 aromatic carbocycles. The molecule has 2 aromatic heterocycles. The number of carbonyl (C=O) groups is 2. The van der Waals surface area contributed by atoms with Gasteiger partial charge in [-0.15, -0.1) is 0 Å². The summed E-state index contributed by atoms with van der Waals surface area (Å²) in [5.41, 5.74) is 6.67. The van der Waals surface area contributed by atoms with Crippen molar-refractivity contribution in [3.05, 3.63) is 11.5 Å². The highest BCUT2D eigenvalue weighted by Gasteiger charge is 2.44. The molecular formula is C15H18ClN5O4. The molecule has 9 nitrogen and oxygen atoms in total. The number of rotatable bonds is 5. The fourth-order valence-corrected chi connectivity index (χ4v) is 3.34. The fourth-order valence-electron chi connectivity index (χ4n) is 3.12. The summed E-state index contributed by atoms with van der Waals surface area (Å²) < 4.78 is 12.1. The predicted octanol–water partition coefficient (Wildman–Crippen LogP) is 1.37. The molecule has 1 aliphatic carbocycles. The molecule has 2 N–H and O–H groups in total. The lowest BCUT2D eigenvalue weighted by atomic mass is 9.69. The number of imidazole rings is 1. The lowest BCUT2D eigenvalue weighted by Gasteiger charge is -2.44. The van der Waals surface area contributed by atoms with Gasteiger partial charge in [-0.1, -0.05) is 11.6 Å². The molecule has 0 bridgehead atoms. The quantitative estimate of drug-likeness (QED) is 0.620. The first kappa shape index (κ1) is 17.4. The predicted molar refractivity (Wildman–Crippen MR) is 88.6 cm³/mol. The zero-order chi connectivity index (χ0) is 18.1. The van der Waals surface area contributed by atoms with Crippen LogP contribution in [0.4, 0.5) is 5.95 Å². The molecule has 25 heavy (non-hydrogen) atoms. The number of esters is 2. The van der Waals surface area contributed by atoms with Crippen LogP contribution in [0.15, 0.2) is 6.33 Å². The standard InChI is InChI=1S/C15H18ClN5O4/c1-7(22)24-4-9-3-11(10(9)5-25-8(2)23)21-6-18-12-13(16)19-15(17)20-14(12)21/h6,9-11H,3-5H2,1-2H3,(H2,17,19,20)/t9-,10+,11-/m1/s1. The first-order valence-corrected chi connectivity index (χ1v) is 8.17. The molecule has 0 radical (unpaired) electrons. The van der Waals surface area contributed by atoms with Crippen molar-refractivity contribution in [2.75, 3.05) is 18.9 Å². The number of ether oxygens (including phenoxy) is 2. The number of hydrogen-bond donors (Lipinski definition) is 1. The van der Waals surface area contributed by atoms with Gasteiger partial charge in [0.05, 0.1) is 19.5 Å². The van der Waals surface area contributed by atoms with Gasteiger partial charge in [0.15, 0.2) is 10.8 Å². The smallest absolute Gasteiger partial charge is 0.302 e. The summed E-state index contributed by atoms with van der Waals surface area (Å²) >= 11 is 6.06. The van der Waals surface area contributed by atoms with E-state index in [2.05, 4.69) is 15.0 Å². The zero-order valence-corrected chi connectivity index (χ0v) is 14.6. The van der Waals surface area contributed by atoms with Crippen molar-refractivity contribution in [2.45, 2.75) is 26.3 Å². The van der Waals surface area contributed by atoms with E-state index in [1.807, 2.05) is 4.57 Å². The number of nitrogen functional groups attached to an aromatic ring is 1. The Morgan fingerprint density at radius 2 is 1.96 bits per heavy atom. The number of anilines is 1. The second kappa shape index (κ2) is 6.83. The number of carbonyl (C=O) groups excluding carboxylic acids is 2. The number of hydrogen-bond acceptors (Lipinski definition) is 8. The average Bonchev–Trinajstić information content (AvgIpc) is 2.89. The second-order valence-corrected chi connectivity index (χ2v) is 6.39. The number of fused-ring (bicyclic) bond motifs is 1. The molecule has 10 heteroatoms. The molecule has 0 saturated heterocycles. The zero-order valence-electron chi connectivity index (χ0n) is 13.8. The van der Waals surface area contributed by atoms with E-state index < -0.39 is 0 Å². The minimum atomic E-state index is -0.359. The number of nitrogens with zero attached hydrogens (tertiary/aromatic N) is 4. The molecule has 0 amide bonds. The fraction of sp³-hybridized carbons (Fsp3) is 0.533. The van der Waals surface area contributed by atoms with Gasteiger partial charge in [-0.3, -0.25) is 9.59 Å². The van der Waals surface area contributed by atoms with Gasteiger partial charge in [-0.05, 0) is 6.42 Å². The maximum atomic E-state index is 11.2. The lowest BCUT2D eigenvalue weighted by molar-refractivity contribution is -0.152. The topological polar surface area (TPSA) is 122 Å². The van der Waals surface area contributed by atoms with Crippen molar-refractivity contribution in [2.24, 2.45) is 11.8 Å². The van der Waals surface area contributed by atoms with Crippen molar-refractivity contribution in [3.63, 3.8) is 0 Å². The summed E-state index contributed by atoms with van der Waals surface area (Å²) in [6.45, 7) is 3.22. The average molecular weight is 368 g/mol. The van der Waals surface area contributed by atoms with E-state index in [1.54, 1.807) is 6.33 Å². The Bertz CT molecular complexity index is 824. The van der Waals surface area contributed by atoms with E-state index in [1.165, 1.54) is 13.8 Å². The maximum Gasteiger partial charge on any atom is 0.302 e. The third-order valence-corrected chi connectivity index (χ3v) is 4.64. The number of halogens is 1. The largest absolute Gasteiger partial charge is 0.466 e. The van der Waals surface area contributed by atoms with Gasteiger partial charge in [0, 0.05) is 31.7 Å². The lowest BCUT2D eigenvalue weighted by Crippen LogP contribution is -2.44. The van der Waals surface area contributed by atoms with E-state index in [9.17, 15) is 9.59 Å². The minimum absolute atomic E-state index is 0.0183. The first-order valence-electron chi connectivity index (χ1n) is 7.79. The molecule has 1 saturated carbocycles. The van der Waals surface area contributed by atoms with E-state index in [0.717, 1.165) is 6.42 Å². The van der Waals surface area contributed by atoms with E-state index >= 15 is 0 Å². The Morgan fingerprint density at radius 1 is 1.28 bits per heavy atom. The molecule has 0 unspecified atom stereocenters. The summed E-state index contributed by atoms with van der Waals surface area (Å²) in [7, 11) is 0. The highest BCUT2D eigenvalue weighted by molar-refractivity contribution is 6.33. The SMILES string of the molecule is CC(=O)OC[C@H]1C[C@@H](n2cnc3c(Cl)nc(N)nc32)[C@H]1COC(C)=O. The van der Waals surface area contributed by atoms with Crippen molar-refractivity contribution >= 4 is 40.7 Å². The molecule has 2 aromatic rings. The highest BCUT2D eigenvalue weighted by Crippen LogP contribution is 2.45. The third-order valence-electron chi connectivity index (χ3n) is 4.38. The van der Waals surface area contributed by atoms with Crippen LogP contribution < -0.4 is 5.73 Å². The molecular weight excluding hydrogens is 350 g/mol. The second-order valence-electron chi connectivity index (χ2n) is 6.03. The highest BCUT2D eigenvalue weighted by atomic mass is 35.5. The summed E-state index contributed by atoms with van der Waals surface area (Å²) in [4.78, 5) is 34.6. The summed E-state index contributed by atoms with van der Waals surface area (Å²) in [5, 5.41) is 0.188. The molecule has 3 rings (SSSR count). The van der Waals surface area contributed by atoms with E-state index in [-0.39, 0.29) is 54.1 Å². The molecule has 0 spiro atoms. The molecule has 1 aliphatic rings. The van der Waals surface area contributed by atoms with Crippen LogP contribution in [0.25, 0.3) is 11.2 Å². The summed E-state index contributed by atoms with van der Waals surface area (Å²) in [6, 6.07) is -0.0183. The maximum absolute atomic E-state index is 11.2. The van der Waals surface area contributed by atoms with E-state index in [0.29, 0.717) is 11.2 Å². The number of aromatic nitrogens is 4. The molecule has 3 atom stereocenters. The van der Waals surface area contributed by atoms with Crippen LogP contribution >= 0.6 is 11.6 Å². The van der Waals surface area contributed by atoms with Crippen LogP contribution in [0.1, 0.15) is 26.3 Å². The summed E-state index contributed by atoms with van der Waals surface area (Å²) in [5.74, 6) is -0.584. The van der Waals surface area contributed by atoms with Crippen LogP contribution in [0.3, 0.4) is 0 Å². The van der Waals surface area contributed by atoms with Crippen molar-refractivity contribution in [1.82, 2.24) is 19.5 Å². The first-order chi connectivity index (χ1) is 11.9. The van der Waals surface area contributed by atoms with Crippen molar-refractivity contribution < 1.29 is 19.1 Å². The van der Waals surface area contributed by atoms with Gasteiger partial charge >= 0.3 is 11.9 Å². The monoisotopic (exact) mass is 367 g/mol. The molecule has 0 aliphatic heterocycles. The van der Waals surface area contributed by atoms with Crippen LogP contribution in [-0.2, 0) is 19.1 Å². The Labute approximate surface area is 148 Å².